The number of hydrogen-bond donors (Lipinski definition) is 0. The third-order valence-electron chi connectivity index (χ3n) is 5.93. The minimum Gasteiger partial charge on any atom is -0.318 e. The highest BCUT2D eigenvalue weighted by atomic mass is 32.2. The maximum Gasteiger partial charge on any atom is 0.174 e. The van der Waals surface area contributed by atoms with E-state index in [1.807, 2.05) is 48.7 Å². The van der Waals surface area contributed by atoms with Crippen LogP contribution in [0.5, 0.6) is 0 Å². The molecule has 5 rings (SSSR count). The molecule has 0 aliphatic carbocycles. The van der Waals surface area contributed by atoms with Crippen molar-refractivity contribution in [1.82, 2.24) is 14.8 Å². The van der Waals surface area contributed by atoms with Gasteiger partial charge in [0.15, 0.2) is 5.78 Å². The molecule has 35 heavy (non-hydrogen) atoms. The number of carbonyl (C=O) groups excluding carboxylic acids is 1. The van der Waals surface area contributed by atoms with Gasteiger partial charge in [0.1, 0.15) is 22.4 Å². The number of aryl methyl sites for hydroxylation is 1. The van der Waals surface area contributed by atoms with Crippen molar-refractivity contribution in [2.75, 3.05) is 5.75 Å². The topological polar surface area (TPSA) is 47.8 Å². The molecule has 0 amide bonds. The fraction of sp³-hybridized carbons (Fsp3) is 0.107. The molecular formula is C28H21F2N3OS. The lowest BCUT2D eigenvalue weighted by Crippen LogP contribution is -2.06. The molecule has 2 aromatic heterocycles. The van der Waals surface area contributed by atoms with Crippen LogP contribution in [0.2, 0.25) is 0 Å². The Morgan fingerprint density at radius 3 is 2.17 bits per heavy atom. The van der Waals surface area contributed by atoms with Crippen molar-refractivity contribution in [3.8, 4) is 16.9 Å². The Morgan fingerprint density at radius 1 is 0.857 bits per heavy atom. The number of hydrogen-bond acceptors (Lipinski definition) is 4. The van der Waals surface area contributed by atoms with E-state index in [9.17, 15) is 13.6 Å². The molecule has 0 unspecified atom stereocenters. The molecule has 0 spiro atoms. The van der Waals surface area contributed by atoms with Crippen molar-refractivity contribution in [1.29, 1.82) is 0 Å². The van der Waals surface area contributed by atoms with Crippen LogP contribution in [-0.2, 0) is 0 Å². The summed E-state index contributed by atoms with van der Waals surface area (Å²) in [6, 6.07) is 22.0. The summed E-state index contributed by atoms with van der Waals surface area (Å²) in [6.45, 7) is 3.81. The van der Waals surface area contributed by atoms with Gasteiger partial charge < -0.3 is 4.57 Å². The van der Waals surface area contributed by atoms with Gasteiger partial charge in [0.2, 0.25) is 0 Å². The van der Waals surface area contributed by atoms with Gasteiger partial charge in [0, 0.05) is 39.0 Å². The van der Waals surface area contributed by atoms with Gasteiger partial charge in [-0.2, -0.15) is 0 Å². The largest absolute Gasteiger partial charge is 0.318 e. The maximum atomic E-state index is 13.4. The maximum absolute atomic E-state index is 13.4. The Kier molecular flexibility index (Phi) is 6.17. The third kappa shape index (κ3) is 4.47. The van der Waals surface area contributed by atoms with E-state index in [1.165, 1.54) is 36.0 Å². The molecule has 0 N–H and O–H groups in total. The first-order valence-electron chi connectivity index (χ1n) is 11.0. The van der Waals surface area contributed by atoms with Crippen molar-refractivity contribution in [2.24, 2.45) is 0 Å². The van der Waals surface area contributed by atoms with Crippen molar-refractivity contribution in [2.45, 2.75) is 18.9 Å². The van der Waals surface area contributed by atoms with Gasteiger partial charge >= 0.3 is 0 Å². The zero-order valence-electron chi connectivity index (χ0n) is 19.1. The Labute approximate surface area is 205 Å². The molecule has 2 heterocycles. The van der Waals surface area contributed by atoms with Crippen LogP contribution in [-0.4, -0.2) is 26.3 Å². The van der Waals surface area contributed by atoms with Gasteiger partial charge in [-0.1, -0.05) is 36.0 Å². The predicted octanol–water partition coefficient (Wildman–Crippen LogP) is 6.96. The first kappa shape index (κ1) is 22.9. The van der Waals surface area contributed by atoms with E-state index in [0.29, 0.717) is 16.3 Å². The number of ketones is 1. The van der Waals surface area contributed by atoms with Gasteiger partial charge in [-0.15, -0.1) is 10.2 Å². The zero-order chi connectivity index (χ0) is 24.5. The van der Waals surface area contributed by atoms with E-state index in [0.717, 1.165) is 33.4 Å². The summed E-state index contributed by atoms with van der Waals surface area (Å²) in [5.74, 6) is -0.439. The normalized spacial score (nSPS) is 11.2. The molecular weight excluding hydrogens is 464 g/mol. The molecule has 3 aromatic carbocycles. The van der Waals surface area contributed by atoms with Crippen LogP contribution in [0.1, 0.15) is 21.7 Å². The average molecular weight is 486 g/mol. The van der Waals surface area contributed by atoms with Gasteiger partial charge in [-0.3, -0.25) is 4.79 Å². The lowest BCUT2D eigenvalue weighted by molar-refractivity contribution is 0.102. The molecule has 174 valence electrons. The highest BCUT2D eigenvalue weighted by Crippen LogP contribution is 2.32. The van der Waals surface area contributed by atoms with Gasteiger partial charge in [0.05, 0.1) is 5.75 Å². The highest BCUT2D eigenvalue weighted by Gasteiger charge is 2.19. The van der Waals surface area contributed by atoms with E-state index in [1.54, 1.807) is 24.3 Å². The summed E-state index contributed by atoms with van der Waals surface area (Å²) >= 11 is 1.34. The number of halogens is 2. The number of benzene rings is 3. The number of rotatable bonds is 6. The molecule has 5 aromatic rings. The second-order valence-electron chi connectivity index (χ2n) is 8.21. The minimum atomic E-state index is -0.310. The summed E-state index contributed by atoms with van der Waals surface area (Å²) < 4.78 is 28.7. The molecule has 0 saturated heterocycles. The van der Waals surface area contributed by atoms with Crippen molar-refractivity contribution >= 4 is 28.3 Å². The molecule has 0 aliphatic heterocycles. The average Bonchev–Trinajstić information content (AvgIpc) is 3.17. The lowest BCUT2D eigenvalue weighted by Gasteiger charge is -2.10. The smallest absolute Gasteiger partial charge is 0.174 e. The second-order valence-corrected chi connectivity index (χ2v) is 9.18. The Morgan fingerprint density at radius 2 is 1.49 bits per heavy atom. The number of nitrogens with zero attached hydrogens (tertiary/aromatic N) is 3. The number of Topliss-reactive ketones (excluding diaryl/α,β-unsaturated/α-hetero) is 1. The quantitative estimate of drug-likeness (QED) is 0.193. The lowest BCUT2D eigenvalue weighted by atomic mass is 10.1. The molecule has 0 radical (unpaired) electrons. The molecule has 0 fully saturated rings. The van der Waals surface area contributed by atoms with E-state index >= 15 is 0 Å². The summed E-state index contributed by atoms with van der Waals surface area (Å²) in [5.41, 5.74) is 4.58. The first-order valence-corrected chi connectivity index (χ1v) is 12.0. The monoisotopic (exact) mass is 485 g/mol. The Balaban J connectivity index is 1.42. The van der Waals surface area contributed by atoms with E-state index in [4.69, 9.17) is 0 Å². The third-order valence-corrected chi connectivity index (χ3v) is 6.91. The number of aromatic nitrogens is 3. The SMILES string of the molecule is Cc1cc(C(=O)CSc2nnc(-c3ccc(F)cc3)c3ccccc23)c(C)n1-c1ccc(F)cc1. The van der Waals surface area contributed by atoms with Crippen LogP contribution in [0.25, 0.3) is 27.7 Å². The van der Waals surface area contributed by atoms with E-state index in [2.05, 4.69) is 10.2 Å². The van der Waals surface area contributed by atoms with E-state index < -0.39 is 0 Å². The fourth-order valence-electron chi connectivity index (χ4n) is 4.25. The van der Waals surface area contributed by atoms with Crippen LogP contribution in [0.3, 0.4) is 0 Å². The van der Waals surface area contributed by atoms with Gasteiger partial charge in [-0.25, -0.2) is 8.78 Å². The van der Waals surface area contributed by atoms with Crippen LogP contribution in [0.15, 0.2) is 83.9 Å². The van der Waals surface area contributed by atoms with Crippen LogP contribution in [0, 0.1) is 25.5 Å². The first-order chi connectivity index (χ1) is 16.9. The standard InChI is InChI=1S/C28H21F2N3OS/c1-17-15-25(18(2)33(17)22-13-11-21(30)12-14-22)26(34)16-35-28-24-6-4-3-5-23(24)27(31-32-28)19-7-9-20(29)10-8-19/h3-15H,16H2,1-2H3. The molecule has 0 aliphatic rings. The van der Waals surface area contributed by atoms with Gasteiger partial charge in [-0.05, 0) is 68.4 Å². The molecule has 0 bridgehead atoms. The van der Waals surface area contributed by atoms with Crippen molar-refractivity contribution in [3.63, 3.8) is 0 Å². The van der Waals surface area contributed by atoms with Crippen LogP contribution in [0.4, 0.5) is 8.78 Å². The summed E-state index contributed by atoms with van der Waals surface area (Å²) in [7, 11) is 0. The summed E-state index contributed by atoms with van der Waals surface area (Å²) in [5, 5.41) is 11.2. The number of fused-ring (bicyclic) bond motifs is 1. The van der Waals surface area contributed by atoms with Crippen molar-refractivity contribution < 1.29 is 13.6 Å². The molecule has 0 atom stereocenters. The number of carbonyl (C=O) groups is 1. The highest BCUT2D eigenvalue weighted by molar-refractivity contribution is 8.00. The molecule has 7 heteroatoms. The predicted molar refractivity (Wildman–Crippen MR) is 135 cm³/mol. The summed E-state index contributed by atoms with van der Waals surface area (Å²) in [4.78, 5) is 13.2. The van der Waals surface area contributed by atoms with E-state index in [-0.39, 0.29) is 23.2 Å². The fourth-order valence-corrected chi connectivity index (χ4v) is 5.11. The molecule has 4 nitrogen and oxygen atoms in total. The van der Waals surface area contributed by atoms with Crippen LogP contribution >= 0.6 is 11.8 Å². The summed E-state index contributed by atoms with van der Waals surface area (Å²) in [6.07, 6.45) is 0. The Hall–Kier alpha value is -3.84. The second kappa shape index (κ2) is 9.43. The number of thioether (sulfide) groups is 1. The van der Waals surface area contributed by atoms with Crippen molar-refractivity contribution in [3.05, 3.63) is 107 Å². The Bertz CT molecular complexity index is 1540. The van der Waals surface area contributed by atoms with Gasteiger partial charge in [0.25, 0.3) is 0 Å². The molecule has 0 saturated carbocycles. The van der Waals surface area contributed by atoms with Crippen LogP contribution < -0.4 is 0 Å². The zero-order valence-corrected chi connectivity index (χ0v) is 19.9. The minimum absolute atomic E-state index is 0.0232.